The van der Waals surface area contributed by atoms with Gasteiger partial charge in [-0.15, -0.1) is 23.5 Å². The van der Waals surface area contributed by atoms with Gasteiger partial charge >= 0.3 is 11.9 Å². The molecule has 0 saturated carbocycles. The molecule has 4 nitrogen and oxygen atoms in total. The van der Waals surface area contributed by atoms with E-state index in [4.69, 9.17) is 9.47 Å². The zero-order valence-electron chi connectivity index (χ0n) is 15.7. The van der Waals surface area contributed by atoms with Crippen LogP contribution in [0.15, 0.2) is 48.6 Å². The van der Waals surface area contributed by atoms with Crippen LogP contribution < -0.4 is 0 Å². The van der Waals surface area contributed by atoms with Gasteiger partial charge in [0.05, 0.1) is 0 Å². The van der Waals surface area contributed by atoms with Crippen molar-refractivity contribution in [1.82, 2.24) is 0 Å². The van der Waals surface area contributed by atoms with E-state index in [1.165, 1.54) is 23.5 Å². The average molecular weight is 395 g/mol. The van der Waals surface area contributed by atoms with E-state index in [9.17, 15) is 9.59 Å². The smallest absolute Gasteiger partial charge is 0.334 e. The van der Waals surface area contributed by atoms with Gasteiger partial charge in [-0.3, -0.25) is 0 Å². The van der Waals surface area contributed by atoms with Crippen molar-refractivity contribution in [3.05, 3.63) is 59.7 Å². The first-order chi connectivity index (χ1) is 12.3. The van der Waals surface area contributed by atoms with E-state index in [1.807, 2.05) is 38.1 Å². The number of carbonyl (C=O) groups is 2. The Bertz CT molecular complexity index is 595. The quantitative estimate of drug-likeness (QED) is 0.300. The third-order valence-corrected chi connectivity index (χ3v) is 5.25. The number of esters is 2. The SMILES string of the molecule is C=C(C)C(=O)OC(SCC)c1ccc(C(OC(=O)C(=C)C)SCC)cc1. The summed E-state index contributed by atoms with van der Waals surface area (Å²) in [7, 11) is 0. The largest absolute Gasteiger partial charge is 0.443 e. The number of thioether (sulfide) groups is 2. The molecule has 1 aromatic carbocycles. The van der Waals surface area contributed by atoms with Gasteiger partial charge in [-0.25, -0.2) is 9.59 Å². The molecular formula is C20H26O4S2. The zero-order chi connectivity index (χ0) is 19.7. The highest BCUT2D eigenvalue weighted by Gasteiger charge is 2.20. The highest BCUT2D eigenvalue weighted by atomic mass is 32.2. The number of rotatable bonds is 10. The van der Waals surface area contributed by atoms with Crippen LogP contribution in [0.25, 0.3) is 0 Å². The molecule has 0 aliphatic heterocycles. The topological polar surface area (TPSA) is 52.6 Å². The second-order valence-electron chi connectivity index (χ2n) is 5.61. The van der Waals surface area contributed by atoms with E-state index >= 15 is 0 Å². The van der Waals surface area contributed by atoms with Gasteiger partial charge < -0.3 is 9.47 Å². The third kappa shape index (κ3) is 6.92. The lowest BCUT2D eigenvalue weighted by molar-refractivity contribution is -0.141. The van der Waals surface area contributed by atoms with Crippen LogP contribution in [-0.4, -0.2) is 23.4 Å². The fourth-order valence-corrected chi connectivity index (χ4v) is 3.52. The Morgan fingerprint density at radius 2 is 1.15 bits per heavy atom. The van der Waals surface area contributed by atoms with E-state index in [1.54, 1.807) is 13.8 Å². The molecule has 2 atom stereocenters. The lowest BCUT2D eigenvalue weighted by atomic mass is 10.1. The summed E-state index contributed by atoms with van der Waals surface area (Å²) in [5.41, 5.74) is 1.70. The molecule has 2 unspecified atom stereocenters. The van der Waals surface area contributed by atoms with Crippen molar-refractivity contribution in [2.24, 2.45) is 0 Å². The van der Waals surface area contributed by atoms with Gasteiger partial charge in [0.15, 0.2) is 10.9 Å². The van der Waals surface area contributed by atoms with Crippen LogP contribution in [0.4, 0.5) is 0 Å². The van der Waals surface area contributed by atoms with Crippen molar-refractivity contribution in [3.8, 4) is 0 Å². The van der Waals surface area contributed by atoms with Gasteiger partial charge in [0, 0.05) is 22.3 Å². The number of carbonyl (C=O) groups excluding carboxylic acids is 2. The molecule has 0 fully saturated rings. The van der Waals surface area contributed by atoms with Crippen LogP contribution in [0.1, 0.15) is 49.7 Å². The Kier molecular flexibility index (Phi) is 9.59. The molecule has 6 heteroatoms. The molecule has 0 aliphatic carbocycles. The van der Waals surface area contributed by atoms with Crippen molar-refractivity contribution >= 4 is 35.5 Å². The second kappa shape index (κ2) is 11.1. The molecule has 0 radical (unpaired) electrons. The van der Waals surface area contributed by atoms with Gasteiger partial charge in [-0.2, -0.15) is 0 Å². The molecule has 0 aromatic heterocycles. The predicted octanol–water partition coefficient (Wildman–Crippen LogP) is 5.43. The number of benzene rings is 1. The van der Waals surface area contributed by atoms with Crippen molar-refractivity contribution in [2.75, 3.05) is 11.5 Å². The molecule has 0 bridgehead atoms. The first kappa shape index (κ1) is 22.4. The normalized spacial score (nSPS) is 12.8. The Balaban J connectivity index is 2.97. The van der Waals surface area contributed by atoms with Gasteiger partial charge in [0.1, 0.15) is 0 Å². The first-order valence-corrected chi connectivity index (χ1v) is 10.5. The molecule has 1 rings (SSSR count). The standard InChI is InChI=1S/C20H26O4S2/c1-7-25-19(23-17(21)13(3)4)15-9-11-16(12-10-15)20(26-8-2)24-18(22)14(5)6/h9-12,19-20H,3,5,7-8H2,1-2,4,6H3. The van der Waals surface area contributed by atoms with Gasteiger partial charge in [-0.1, -0.05) is 51.3 Å². The van der Waals surface area contributed by atoms with Crippen LogP contribution in [0.5, 0.6) is 0 Å². The summed E-state index contributed by atoms with van der Waals surface area (Å²) in [6.07, 6.45) is 0. The van der Waals surface area contributed by atoms with Crippen molar-refractivity contribution in [2.45, 2.75) is 38.6 Å². The Morgan fingerprint density at radius 1 is 0.846 bits per heavy atom. The number of ether oxygens (including phenoxy) is 2. The molecule has 1 aromatic rings. The highest BCUT2D eigenvalue weighted by Crippen LogP contribution is 2.34. The summed E-state index contributed by atoms with van der Waals surface area (Å²) in [4.78, 5) is 23.7. The molecule has 0 amide bonds. The van der Waals surface area contributed by atoms with Crippen LogP contribution in [0.3, 0.4) is 0 Å². The molecule has 0 aliphatic rings. The molecule has 0 saturated heterocycles. The third-order valence-electron chi connectivity index (χ3n) is 3.24. The summed E-state index contributed by atoms with van der Waals surface area (Å²) in [6.45, 7) is 14.5. The molecule has 0 N–H and O–H groups in total. The maximum absolute atomic E-state index is 11.8. The molecule has 0 heterocycles. The number of hydrogen-bond acceptors (Lipinski definition) is 6. The maximum atomic E-state index is 11.8. The van der Waals surface area contributed by atoms with Crippen molar-refractivity contribution in [1.29, 1.82) is 0 Å². The minimum absolute atomic E-state index is 0.370. The second-order valence-corrected chi connectivity index (χ2v) is 8.29. The summed E-state index contributed by atoms with van der Waals surface area (Å²) in [6, 6.07) is 7.58. The van der Waals surface area contributed by atoms with Gasteiger partial charge in [-0.05, 0) is 25.4 Å². The van der Waals surface area contributed by atoms with E-state index in [-0.39, 0.29) is 0 Å². The van der Waals surface area contributed by atoms with Gasteiger partial charge in [0.25, 0.3) is 0 Å². The van der Waals surface area contributed by atoms with Crippen LogP contribution >= 0.6 is 23.5 Å². The summed E-state index contributed by atoms with van der Waals surface area (Å²) in [5.74, 6) is 0.797. The van der Waals surface area contributed by atoms with Crippen LogP contribution in [0.2, 0.25) is 0 Å². The lowest BCUT2D eigenvalue weighted by Gasteiger charge is -2.20. The maximum Gasteiger partial charge on any atom is 0.334 e. The predicted molar refractivity (Wildman–Crippen MR) is 110 cm³/mol. The molecule has 26 heavy (non-hydrogen) atoms. The fourth-order valence-electron chi connectivity index (χ4n) is 1.91. The monoisotopic (exact) mass is 394 g/mol. The average Bonchev–Trinajstić information content (AvgIpc) is 2.60. The van der Waals surface area contributed by atoms with Crippen molar-refractivity contribution in [3.63, 3.8) is 0 Å². The highest BCUT2D eigenvalue weighted by molar-refractivity contribution is 7.99. The molecule has 142 valence electrons. The molecular weight excluding hydrogens is 368 g/mol. The summed E-state index contributed by atoms with van der Waals surface area (Å²) >= 11 is 3.06. The Morgan fingerprint density at radius 3 is 1.38 bits per heavy atom. The van der Waals surface area contributed by atoms with E-state index in [0.29, 0.717) is 11.1 Å². The number of hydrogen-bond donors (Lipinski definition) is 0. The van der Waals surface area contributed by atoms with Crippen molar-refractivity contribution < 1.29 is 19.1 Å². The van der Waals surface area contributed by atoms with E-state index in [2.05, 4.69) is 13.2 Å². The minimum atomic E-state index is -0.408. The van der Waals surface area contributed by atoms with Gasteiger partial charge in [0.2, 0.25) is 0 Å². The van der Waals surface area contributed by atoms with E-state index in [0.717, 1.165) is 22.6 Å². The summed E-state index contributed by atoms with van der Waals surface area (Å²) < 4.78 is 11.0. The Labute approximate surface area is 164 Å². The van der Waals surface area contributed by atoms with Crippen LogP contribution in [-0.2, 0) is 19.1 Å². The summed E-state index contributed by atoms with van der Waals surface area (Å²) in [5, 5.41) is 0. The minimum Gasteiger partial charge on any atom is -0.443 e. The lowest BCUT2D eigenvalue weighted by Crippen LogP contribution is -2.11. The van der Waals surface area contributed by atoms with E-state index < -0.39 is 22.8 Å². The molecule has 0 spiro atoms. The van der Waals surface area contributed by atoms with Crippen LogP contribution in [0, 0.1) is 0 Å². The Hall–Kier alpha value is -1.66. The first-order valence-electron chi connectivity index (χ1n) is 8.36. The zero-order valence-corrected chi connectivity index (χ0v) is 17.4. The fraction of sp³-hybridized carbons (Fsp3) is 0.400.